The molecule has 0 aliphatic carbocycles. The summed E-state index contributed by atoms with van der Waals surface area (Å²) < 4.78 is 14.8. The van der Waals surface area contributed by atoms with E-state index >= 15 is 0 Å². The lowest BCUT2D eigenvalue weighted by atomic mass is 10.0. The van der Waals surface area contributed by atoms with E-state index in [1.54, 1.807) is 42.1 Å². The number of rotatable bonds is 6. The maximum Gasteiger partial charge on any atom is 0.252 e. The number of hydrogen-bond donors (Lipinski definition) is 2. The van der Waals surface area contributed by atoms with Gasteiger partial charge < -0.3 is 10.6 Å². The molecule has 4 nitrogen and oxygen atoms in total. The Labute approximate surface area is 214 Å². The van der Waals surface area contributed by atoms with Crippen molar-refractivity contribution in [2.45, 2.75) is 36.2 Å². The first-order valence-electron chi connectivity index (χ1n) is 11.9. The first kappa shape index (κ1) is 23.8. The highest BCUT2D eigenvalue weighted by atomic mass is 32.2. The summed E-state index contributed by atoms with van der Waals surface area (Å²) in [5.41, 5.74) is 5.18. The fourth-order valence-corrected chi connectivity index (χ4v) is 5.15. The van der Waals surface area contributed by atoms with Crippen LogP contribution in [-0.4, -0.2) is 17.8 Å². The van der Waals surface area contributed by atoms with Crippen LogP contribution in [0.2, 0.25) is 0 Å². The number of carbonyl (C=O) groups excluding carboxylic acids is 1. The number of aliphatic imine (C=N–C) groups is 1. The number of hydrogen-bond acceptors (Lipinski definition) is 4. The molecule has 0 fully saturated rings. The third kappa shape index (κ3) is 5.04. The Hall–Kier alpha value is -3.90. The van der Waals surface area contributed by atoms with Crippen LogP contribution in [0.5, 0.6) is 0 Å². The number of benzene rings is 4. The van der Waals surface area contributed by atoms with Gasteiger partial charge in [0.05, 0.1) is 17.6 Å². The minimum absolute atomic E-state index is 0.211. The molecular formula is C30H26FN3OS. The third-order valence-electron chi connectivity index (χ3n) is 6.04. The lowest BCUT2D eigenvalue weighted by molar-refractivity contribution is 0.0944. The molecule has 0 aromatic heterocycles. The zero-order valence-electron chi connectivity index (χ0n) is 20.1. The zero-order valence-corrected chi connectivity index (χ0v) is 20.9. The summed E-state index contributed by atoms with van der Waals surface area (Å²) in [6, 6.07) is 28.1. The maximum absolute atomic E-state index is 14.8. The quantitative estimate of drug-likeness (QED) is 0.245. The van der Waals surface area contributed by atoms with Gasteiger partial charge in [-0.3, -0.25) is 4.79 Å². The number of aryl methyl sites for hydroxylation is 1. The lowest BCUT2D eigenvalue weighted by Gasteiger charge is -2.17. The predicted molar refractivity (Wildman–Crippen MR) is 145 cm³/mol. The molecule has 4 aromatic rings. The third-order valence-corrected chi connectivity index (χ3v) is 7.18. The van der Waals surface area contributed by atoms with Crippen molar-refractivity contribution in [1.82, 2.24) is 5.32 Å². The molecule has 0 spiro atoms. The zero-order chi connectivity index (χ0) is 25.1. The van der Waals surface area contributed by atoms with Crippen LogP contribution < -0.4 is 10.6 Å². The van der Waals surface area contributed by atoms with Gasteiger partial charge in [-0.15, -0.1) is 0 Å². The number of amides is 1. The van der Waals surface area contributed by atoms with E-state index in [-0.39, 0.29) is 17.9 Å². The summed E-state index contributed by atoms with van der Waals surface area (Å²) in [6.07, 6.45) is 0.704. The number of anilines is 1. The predicted octanol–water partition coefficient (Wildman–Crippen LogP) is 7.21. The number of halogens is 1. The van der Waals surface area contributed by atoms with Gasteiger partial charge in [-0.1, -0.05) is 61.2 Å². The lowest BCUT2D eigenvalue weighted by Crippen LogP contribution is -2.38. The summed E-state index contributed by atoms with van der Waals surface area (Å²) in [6.45, 7) is 4.02. The van der Waals surface area contributed by atoms with E-state index in [4.69, 9.17) is 4.99 Å². The average molecular weight is 496 g/mol. The Balaban J connectivity index is 1.43. The maximum atomic E-state index is 14.8. The van der Waals surface area contributed by atoms with Crippen LogP contribution >= 0.6 is 11.8 Å². The molecule has 1 atom stereocenters. The summed E-state index contributed by atoms with van der Waals surface area (Å²) in [5, 5.41) is 6.31. The first-order chi connectivity index (χ1) is 17.5. The second-order valence-electron chi connectivity index (χ2n) is 8.61. The number of carbonyl (C=O) groups is 1. The van der Waals surface area contributed by atoms with Crippen molar-refractivity contribution in [3.05, 3.63) is 119 Å². The van der Waals surface area contributed by atoms with Crippen molar-refractivity contribution >= 4 is 34.8 Å². The summed E-state index contributed by atoms with van der Waals surface area (Å²) in [7, 11) is 0. The smallest absolute Gasteiger partial charge is 0.252 e. The van der Waals surface area contributed by atoms with E-state index in [1.165, 1.54) is 11.6 Å². The van der Waals surface area contributed by atoms with Crippen LogP contribution in [0, 0.1) is 5.82 Å². The van der Waals surface area contributed by atoms with Gasteiger partial charge in [-0.05, 0) is 67.4 Å². The summed E-state index contributed by atoms with van der Waals surface area (Å²) in [4.78, 5) is 19.9. The minimum Gasteiger partial charge on any atom is -0.366 e. The molecule has 1 unspecified atom stereocenters. The van der Waals surface area contributed by atoms with Crippen molar-refractivity contribution < 1.29 is 9.18 Å². The highest BCUT2D eigenvalue weighted by Crippen LogP contribution is 2.41. The number of fused-ring (bicyclic) bond motifs is 2. The van der Waals surface area contributed by atoms with Gasteiger partial charge in [0.1, 0.15) is 5.82 Å². The van der Waals surface area contributed by atoms with Gasteiger partial charge in [0.15, 0.2) is 0 Å². The summed E-state index contributed by atoms with van der Waals surface area (Å²) in [5.74, 6) is -0.544. The highest BCUT2D eigenvalue weighted by Gasteiger charge is 2.22. The van der Waals surface area contributed by atoms with Crippen LogP contribution in [0.15, 0.2) is 106 Å². The molecule has 4 aromatic carbocycles. The van der Waals surface area contributed by atoms with Gasteiger partial charge in [0.25, 0.3) is 5.91 Å². The molecule has 0 bridgehead atoms. The van der Waals surface area contributed by atoms with E-state index in [0.29, 0.717) is 22.5 Å². The Kier molecular flexibility index (Phi) is 6.87. The molecule has 1 amide bonds. The normalized spacial score (nSPS) is 13.0. The standard InChI is InChI=1S/C30H26FN3OS/c1-3-20-12-15-22(16-13-20)32-19(2)33-30(35)21-14-17-28-26(18-21)34-29(23-8-4-6-10-25(23)31)24-9-5-7-11-27(24)36-28/h4-19,32H,3H2,1-2H3,(H,33,35). The van der Waals surface area contributed by atoms with Crippen molar-refractivity contribution in [2.24, 2.45) is 4.99 Å². The Morgan fingerprint density at radius 3 is 2.39 bits per heavy atom. The van der Waals surface area contributed by atoms with E-state index in [0.717, 1.165) is 27.5 Å². The van der Waals surface area contributed by atoms with E-state index < -0.39 is 0 Å². The van der Waals surface area contributed by atoms with Gasteiger partial charge >= 0.3 is 0 Å². The largest absolute Gasteiger partial charge is 0.366 e. The number of nitrogens with zero attached hydrogens (tertiary/aromatic N) is 1. The van der Waals surface area contributed by atoms with Crippen LogP contribution in [0.4, 0.5) is 15.8 Å². The van der Waals surface area contributed by atoms with E-state index in [1.807, 2.05) is 49.4 Å². The molecule has 2 N–H and O–H groups in total. The molecule has 0 saturated carbocycles. The fourth-order valence-electron chi connectivity index (χ4n) is 4.14. The van der Waals surface area contributed by atoms with Gasteiger partial charge in [-0.2, -0.15) is 0 Å². The van der Waals surface area contributed by atoms with Gasteiger partial charge in [-0.25, -0.2) is 9.38 Å². The molecule has 1 aliphatic heterocycles. The second-order valence-corrected chi connectivity index (χ2v) is 9.69. The Morgan fingerprint density at radius 1 is 0.917 bits per heavy atom. The molecule has 36 heavy (non-hydrogen) atoms. The molecule has 0 radical (unpaired) electrons. The molecular weight excluding hydrogens is 469 g/mol. The average Bonchev–Trinajstić information content (AvgIpc) is 3.05. The van der Waals surface area contributed by atoms with Gasteiger partial charge in [0, 0.05) is 32.2 Å². The van der Waals surface area contributed by atoms with E-state index in [2.05, 4.69) is 29.7 Å². The summed E-state index contributed by atoms with van der Waals surface area (Å²) >= 11 is 1.57. The second kappa shape index (κ2) is 10.4. The SMILES string of the molecule is CCc1ccc(NC(C)NC(=O)c2ccc3c(c2)N=C(c2ccccc2F)c2ccccc2S3)cc1. The van der Waals surface area contributed by atoms with Crippen LogP contribution in [0.25, 0.3) is 0 Å². The molecule has 6 heteroatoms. The molecule has 0 saturated heterocycles. The van der Waals surface area contributed by atoms with Crippen LogP contribution in [0.1, 0.15) is 40.9 Å². The van der Waals surface area contributed by atoms with Gasteiger partial charge in [0.2, 0.25) is 0 Å². The molecule has 180 valence electrons. The Morgan fingerprint density at radius 2 is 1.64 bits per heavy atom. The van der Waals surface area contributed by atoms with Crippen molar-refractivity contribution in [3.8, 4) is 0 Å². The van der Waals surface area contributed by atoms with Crippen LogP contribution in [0.3, 0.4) is 0 Å². The van der Waals surface area contributed by atoms with Crippen LogP contribution in [-0.2, 0) is 6.42 Å². The fraction of sp³-hybridized carbons (Fsp3) is 0.133. The van der Waals surface area contributed by atoms with Crippen molar-refractivity contribution in [2.75, 3.05) is 5.32 Å². The topological polar surface area (TPSA) is 53.5 Å². The monoisotopic (exact) mass is 495 g/mol. The number of nitrogens with one attached hydrogen (secondary N) is 2. The minimum atomic E-state index is -0.333. The highest BCUT2D eigenvalue weighted by molar-refractivity contribution is 7.99. The molecule has 5 rings (SSSR count). The molecule has 1 heterocycles. The van der Waals surface area contributed by atoms with Crippen molar-refractivity contribution in [3.63, 3.8) is 0 Å². The first-order valence-corrected chi connectivity index (χ1v) is 12.7. The van der Waals surface area contributed by atoms with E-state index in [9.17, 15) is 9.18 Å². The molecule has 1 aliphatic rings. The Bertz CT molecular complexity index is 1450. The van der Waals surface area contributed by atoms with Crippen molar-refractivity contribution in [1.29, 1.82) is 0 Å².